The van der Waals surface area contributed by atoms with Gasteiger partial charge in [0.05, 0.1) is 6.10 Å². The van der Waals surface area contributed by atoms with Gasteiger partial charge in [-0.15, -0.1) is 0 Å². The van der Waals surface area contributed by atoms with Crippen LogP contribution in [0.4, 0.5) is 0 Å². The molecule has 1 aromatic rings. The van der Waals surface area contributed by atoms with Crippen molar-refractivity contribution in [3.05, 3.63) is 34.9 Å². The van der Waals surface area contributed by atoms with Crippen LogP contribution in [-0.4, -0.2) is 41.1 Å². The van der Waals surface area contributed by atoms with Gasteiger partial charge in [0.15, 0.2) is 0 Å². The fraction of sp³-hybridized carbons (Fsp3) is 0.571. The van der Waals surface area contributed by atoms with Crippen molar-refractivity contribution in [3.8, 4) is 0 Å². The zero-order valence-electron chi connectivity index (χ0n) is 10.8. The summed E-state index contributed by atoms with van der Waals surface area (Å²) in [6.07, 6.45) is -0.368. The molecular formula is C14H21NOS. The van der Waals surface area contributed by atoms with Crippen molar-refractivity contribution in [2.24, 2.45) is 0 Å². The van der Waals surface area contributed by atoms with Crippen molar-refractivity contribution in [2.45, 2.75) is 26.0 Å². The van der Waals surface area contributed by atoms with Gasteiger partial charge in [-0.05, 0) is 32.0 Å². The zero-order valence-corrected chi connectivity index (χ0v) is 11.6. The van der Waals surface area contributed by atoms with E-state index in [2.05, 4.69) is 44.0 Å². The molecule has 94 valence electrons. The second-order valence-electron chi connectivity index (χ2n) is 4.93. The largest absolute Gasteiger partial charge is 0.387 e. The maximum absolute atomic E-state index is 10.6. The first-order valence-electron chi connectivity index (χ1n) is 6.13. The number of hydrogen-bond acceptors (Lipinski definition) is 3. The first kappa shape index (κ1) is 12.9. The average molecular weight is 251 g/mol. The van der Waals surface area contributed by atoms with Crippen molar-refractivity contribution >= 4 is 11.8 Å². The SMILES string of the molecule is Cc1ccc(C)c(C(O)C2CSCCN2C)c1. The van der Waals surface area contributed by atoms with E-state index in [1.54, 1.807) is 0 Å². The Morgan fingerprint density at radius 1 is 1.41 bits per heavy atom. The topological polar surface area (TPSA) is 23.5 Å². The first-order valence-corrected chi connectivity index (χ1v) is 7.28. The van der Waals surface area contributed by atoms with Crippen LogP contribution in [-0.2, 0) is 0 Å². The summed E-state index contributed by atoms with van der Waals surface area (Å²) in [5, 5.41) is 10.6. The maximum Gasteiger partial charge on any atom is 0.0955 e. The summed E-state index contributed by atoms with van der Waals surface area (Å²) in [6.45, 7) is 5.22. The summed E-state index contributed by atoms with van der Waals surface area (Å²) in [7, 11) is 2.11. The molecule has 17 heavy (non-hydrogen) atoms. The van der Waals surface area contributed by atoms with Crippen molar-refractivity contribution in [1.82, 2.24) is 4.90 Å². The Balaban J connectivity index is 2.23. The van der Waals surface area contributed by atoms with Crippen LogP contribution in [0.1, 0.15) is 22.8 Å². The van der Waals surface area contributed by atoms with Gasteiger partial charge in [-0.1, -0.05) is 23.8 Å². The third-order valence-corrected chi connectivity index (χ3v) is 4.61. The summed E-state index contributed by atoms with van der Waals surface area (Å²) in [6, 6.07) is 6.57. The molecule has 2 rings (SSSR count). The maximum atomic E-state index is 10.6. The van der Waals surface area contributed by atoms with Crippen molar-refractivity contribution < 1.29 is 5.11 Å². The van der Waals surface area contributed by atoms with E-state index in [0.29, 0.717) is 0 Å². The van der Waals surface area contributed by atoms with Crippen molar-refractivity contribution in [2.75, 3.05) is 25.1 Å². The Hall–Kier alpha value is -0.510. The van der Waals surface area contributed by atoms with Gasteiger partial charge in [-0.25, -0.2) is 0 Å². The van der Waals surface area contributed by atoms with Crippen LogP contribution in [0.5, 0.6) is 0 Å². The molecule has 2 unspecified atom stereocenters. The predicted molar refractivity (Wildman–Crippen MR) is 74.6 cm³/mol. The van der Waals surface area contributed by atoms with Gasteiger partial charge in [0, 0.05) is 24.1 Å². The molecule has 1 aliphatic rings. The highest BCUT2D eigenvalue weighted by Gasteiger charge is 2.28. The highest BCUT2D eigenvalue weighted by atomic mass is 32.2. The van der Waals surface area contributed by atoms with Crippen LogP contribution >= 0.6 is 11.8 Å². The zero-order chi connectivity index (χ0) is 12.4. The Labute approximate surface area is 108 Å². The lowest BCUT2D eigenvalue weighted by atomic mass is 9.96. The van der Waals surface area contributed by atoms with Gasteiger partial charge in [0.2, 0.25) is 0 Å². The molecule has 1 saturated heterocycles. The van der Waals surface area contributed by atoms with Crippen LogP contribution in [0.2, 0.25) is 0 Å². The summed E-state index contributed by atoms with van der Waals surface area (Å²) >= 11 is 1.94. The number of likely N-dealkylation sites (N-methyl/N-ethyl adjacent to an activating group) is 1. The summed E-state index contributed by atoms with van der Waals surface area (Å²) < 4.78 is 0. The third-order valence-electron chi connectivity index (χ3n) is 3.56. The van der Waals surface area contributed by atoms with Crippen LogP contribution in [0.3, 0.4) is 0 Å². The standard InChI is InChI=1S/C14H21NOS/c1-10-4-5-11(2)12(8-10)14(16)13-9-17-7-6-15(13)3/h4-5,8,13-14,16H,6-7,9H2,1-3H3. The summed E-state index contributed by atoms with van der Waals surface area (Å²) in [5.74, 6) is 2.19. The van der Waals surface area contributed by atoms with Gasteiger partial charge in [0.1, 0.15) is 0 Å². The predicted octanol–water partition coefficient (Wildman–Crippen LogP) is 2.38. The summed E-state index contributed by atoms with van der Waals surface area (Å²) in [4.78, 5) is 2.28. The molecule has 0 spiro atoms. The van der Waals surface area contributed by atoms with Crippen LogP contribution in [0.15, 0.2) is 18.2 Å². The van der Waals surface area contributed by atoms with E-state index in [-0.39, 0.29) is 12.1 Å². The molecule has 2 atom stereocenters. The number of nitrogens with zero attached hydrogens (tertiary/aromatic N) is 1. The first-order chi connectivity index (χ1) is 8.09. The van der Waals surface area contributed by atoms with Gasteiger partial charge in [0.25, 0.3) is 0 Å². The number of hydrogen-bond donors (Lipinski definition) is 1. The Kier molecular flexibility index (Phi) is 4.13. The molecule has 1 aromatic carbocycles. The number of aliphatic hydroxyl groups is 1. The molecule has 0 amide bonds. The minimum absolute atomic E-state index is 0.245. The Morgan fingerprint density at radius 3 is 2.88 bits per heavy atom. The minimum atomic E-state index is -0.368. The van der Waals surface area contributed by atoms with E-state index in [4.69, 9.17) is 0 Å². The lowest BCUT2D eigenvalue weighted by molar-refractivity contribution is 0.0753. The van der Waals surface area contributed by atoms with Crippen LogP contribution in [0, 0.1) is 13.8 Å². The molecule has 0 aromatic heterocycles. The highest BCUT2D eigenvalue weighted by molar-refractivity contribution is 7.99. The van der Waals surface area contributed by atoms with E-state index in [1.807, 2.05) is 11.8 Å². The molecule has 1 aliphatic heterocycles. The van der Waals surface area contributed by atoms with Crippen LogP contribution < -0.4 is 0 Å². The molecule has 3 heteroatoms. The highest BCUT2D eigenvalue weighted by Crippen LogP contribution is 2.29. The number of benzene rings is 1. The monoisotopic (exact) mass is 251 g/mol. The molecule has 1 fully saturated rings. The number of thioether (sulfide) groups is 1. The Morgan fingerprint density at radius 2 is 2.18 bits per heavy atom. The lowest BCUT2D eigenvalue weighted by Gasteiger charge is -2.36. The molecule has 0 bridgehead atoms. The molecule has 1 heterocycles. The van der Waals surface area contributed by atoms with Gasteiger partial charge in [-0.3, -0.25) is 4.90 Å². The normalized spacial score (nSPS) is 23.6. The second-order valence-corrected chi connectivity index (χ2v) is 6.08. The van der Waals surface area contributed by atoms with Gasteiger partial charge in [-0.2, -0.15) is 11.8 Å². The Bertz CT molecular complexity index is 394. The lowest BCUT2D eigenvalue weighted by Crippen LogP contribution is -2.43. The third kappa shape index (κ3) is 2.84. The van der Waals surface area contributed by atoms with Gasteiger partial charge < -0.3 is 5.11 Å². The molecule has 1 N–H and O–H groups in total. The summed E-state index contributed by atoms with van der Waals surface area (Å²) in [5.41, 5.74) is 3.49. The fourth-order valence-electron chi connectivity index (χ4n) is 2.32. The molecular weight excluding hydrogens is 230 g/mol. The van der Waals surface area contributed by atoms with Gasteiger partial charge >= 0.3 is 0 Å². The number of aryl methyl sites for hydroxylation is 2. The fourth-order valence-corrected chi connectivity index (χ4v) is 3.59. The molecule has 2 nitrogen and oxygen atoms in total. The molecule has 0 aliphatic carbocycles. The van der Waals surface area contributed by atoms with Crippen LogP contribution in [0.25, 0.3) is 0 Å². The van der Waals surface area contributed by atoms with E-state index in [1.165, 1.54) is 16.9 Å². The van der Waals surface area contributed by atoms with Crippen molar-refractivity contribution in [3.63, 3.8) is 0 Å². The average Bonchev–Trinajstić information content (AvgIpc) is 2.32. The number of aliphatic hydroxyl groups excluding tert-OH is 1. The van der Waals surface area contributed by atoms with E-state index >= 15 is 0 Å². The smallest absolute Gasteiger partial charge is 0.0955 e. The van der Waals surface area contributed by atoms with E-state index in [9.17, 15) is 5.11 Å². The van der Waals surface area contributed by atoms with E-state index < -0.39 is 0 Å². The molecule has 0 radical (unpaired) electrons. The van der Waals surface area contributed by atoms with E-state index in [0.717, 1.165) is 17.9 Å². The van der Waals surface area contributed by atoms with Crippen molar-refractivity contribution in [1.29, 1.82) is 0 Å². The quantitative estimate of drug-likeness (QED) is 0.873. The minimum Gasteiger partial charge on any atom is -0.387 e. The molecule has 0 saturated carbocycles. The number of rotatable bonds is 2. The second kappa shape index (κ2) is 5.42.